The topological polar surface area (TPSA) is 30.5 Å². The van der Waals surface area contributed by atoms with Crippen LogP contribution in [0, 0.1) is 0 Å². The summed E-state index contributed by atoms with van der Waals surface area (Å²) in [6, 6.07) is 5.78. The van der Waals surface area contributed by atoms with Crippen LogP contribution in [0.3, 0.4) is 0 Å². The minimum atomic E-state index is 0.683. The quantitative estimate of drug-likeness (QED) is 0.589. The molecule has 1 rings (SSSR count). The molecule has 0 bridgehead atoms. The van der Waals surface area contributed by atoms with Crippen molar-refractivity contribution in [2.24, 2.45) is 0 Å². The van der Waals surface area contributed by atoms with E-state index in [4.69, 9.17) is 21.1 Å². The van der Waals surface area contributed by atoms with Crippen molar-refractivity contribution in [3.63, 3.8) is 0 Å². The summed E-state index contributed by atoms with van der Waals surface area (Å²) in [5.74, 6) is 2.40. The summed E-state index contributed by atoms with van der Waals surface area (Å²) in [5, 5.41) is 3.31. The average molecular weight is 244 g/mol. The Balaban J connectivity index is 2.60. The van der Waals surface area contributed by atoms with Gasteiger partial charge in [-0.25, -0.2) is 0 Å². The molecule has 90 valence electrons. The SMILES string of the molecule is COc1ccc(OC)c(CNCCCCl)c1. The molecule has 1 aromatic rings. The van der Waals surface area contributed by atoms with Gasteiger partial charge in [0.2, 0.25) is 0 Å². The third-order valence-corrected chi connectivity index (χ3v) is 2.56. The fraction of sp³-hybridized carbons (Fsp3) is 0.500. The standard InChI is InChI=1S/C12H18ClNO2/c1-15-11-4-5-12(16-2)10(8-11)9-14-7-3-6-13/h4-5,8,14H,3,6-7,9H2,1-2H3. The number of hydrogen-bond acceptors (Lipinski definition) is 3. The number of benzene rings is 1. The molecular weight excluding hydrogens is 226 g/mol. The van der Waals surface area contributed by atoms with Gasteiger partial charge in [0.15, 0.2) is 0 Å². The van der Waals surface area contributed by atoms with E-state index in [1.165, 1.54) is 0 Å². The molecule has 0 aliphatic rings. The first-order chi connectivity index (χ1) is 7.81. The number of ether oxygens (including phenoxy) is 2. The number of hydrogen-bond donors (Lipinski definition) is 1. The van der Waals surface area contributed by atoms with E-state index in [0.717, 1.165) is 36.6 Å². The van der Waals surface area contributed by atoms with E-state index in [1.54, 1.807) is 14.2 Å². The lowest BCUT2D eigenvalue weighted by Crippen LogP contribution is -2.15. The molecule has 0 heterocycles. The molecule has 0 spiro atoms. The molecule has 0 unspecified atom stereocenters. The number of rotatable bonds is 7. The highest BCUT2D eigenvalue weighted by atomic mass is 35.5. The van der Waals surface area contributed by atoms with Gasteiger partial charge >= 0.3 is 0 Å². The van der Waals surface area contributed by atoms with Gasteiger partial charge in [-0.15, -0.1) is 11.6 Å². The minimum Gasteiger partial charge on any atom is -0.497 e. The number of methoxy groups -OCH3 is 2. The Hall–Kier alpha value is -0.930. The molecular formula is C12H18ClNO2. The van der Waals surface area contributed by atoms with Crippen LogP contribution in [0.2, 0.25) is 0 Å². The molecule has 0 aromatic heterocycles. The summed E-state index contributed by atoms with van der Waals surface area (Å²) >= 11 is 5.60. The monoisotopic (exact) mass is 243 g/mol. The molecule has 0 saturated carbocycles. The van der Waals surface area contributed by atoms with Gasteiger partial charge in [-0.05, 0) is 31.2 Å². The van der Waals surface area contributed by atoms with Crippen molar-refractivity contribution in [3.8, 4) is 11.5 Å². The van der Waals surface area contributed by atoms with Gasteiger partial charge in [0.05, 0.1) is 14.2 Å². The van der Waals surface area contributed by atoms with E-state index in [1.807, 2.05) is 18.2 Å². The first-order valence-corrected chi connectivity index (χ1v) is 5.83. The van der Waals surface area contributed by atoms with Crippen molar-refractivity contribution in [1.82, 2.24) is 5.32 Å². The number of nitrogens with one attached hydrogen (secondary N) is 1. The number of alkyl halides is 1. The predicted octanol–water partition coefficient (Wildman–Crippen LogP) is 2.42. The van der Waals surface area contributed by atoms with E-state index < -0.39 is 0 Å². The first kappa shape index (κ1) is 13.1. The van der Waals surface area contributed by atoms with Gasteiger partial charge in [0, 0.05) is 18.0 Å². The highest BCUT2D eigenvalue weighted by Crippen LogP contribution is 2.23. The minimum absolute atomic E-state index is 0.683. The highest BCUT2D eigenvalue weighted by Gasteiger charge is 2.04. The van der Waals surface area contributed by atoms with Gasteiger partial charge in [-0.3, -0.25) is 0 Å². The van der Waals surface area contributed by atoms with Crippen LogP contribution in [0.5, 0.6) is 11.5 Å². The highest BCUT2D eigenvalue weighted by molar-refractivity contribution is 6.17. The van der Waals surface area contributed by atoms with Crippen LogP contribution < -0.4 is 14.8 Å². The Morgan fingerprint density at radius 3 is 2.69 bits per heavy atom. The Labute approximate surface area is 102 Å². The maximum absolute atomic E-state index is 5.60. The Morgan fingerprint density at radius 1 is 1.25 bits per heavy atom. The summed E-state index contributed by atoms with van der Waals surface area (Å²) < 4.78 is 10.5. The summed E-state index contributed by atoms with van der Waals surface area (Å²) in [6.07, 6.45) is 0.966. The smallest absolute Gasteiger partial charge is 0.123 e. The molecule has 0 fully saturated rings. The fourth-order valence-corrected chi connectivity index (χ4v) is 1.57. The van der Waals surface area contributed by atoms with Gasteiger partial charge in [0.1, 0.15) is 11.5 Å². The lowest BCUT2D eigenvalue weighted by atomic mass is 10.2. The summed E-state index contributed by atoms with van der Waals surface area (Å²) in [4.78, 5) is 0. The number of halogens is 1. The Morgan fingerprint density at radius 2 is 2.06 bits per heavy atom. The van der Waals surface area contributed by atoms with Crippen LogP contribution in [0.25, 0.3) is 0 Å². The molecule has 4 heteroatoms. The van der Waals surface area contributed by atoms with Crippen LogP contribution in [0.15, 0.2) is 18.2 Å². The second-order valence-corrected chi connectivity index (χ2v) is 3.78. The van der Waals surface area contributed by atoms with Crippen molar-refractivity contribution < 1.29 is 9.47 Å². The summed E-state index contributed by atoms with van der Waals surface area (Å²) in [6.45, 7) is 1.67. The lowest BCUT2D eigenvalue weighted by Gasteiger charge is -2.11. The van der Waals surface area contributed by atoms with Crippen LogP contribution in [0.4, 0.5) is 0 Å². The van der Waals surface area contributed by atoms with Gasteiger partial charge in [0.25, 0.3) is 0 Å². The van der Waals surface area contributed by atoms with E-state index in [-0.39, 0.29) is 0 Å². The zero-order valence-corrected chi connectivity index (χ0v) is 10.5. The third kappa shape index (κ3) is 3.91. The second-order valence-electron chi connectivity index (χ2n) is 3.40. The second kappa shape index (κ2) is 7.36. The Bertz CT molecular complexity index is 318. The maximum atomic E-state index is 5.60. The fourth-order valence-electron chi connectivity index (χ4n) is 1.43. The Kier molecular flexibility index (Phi) is 6.04. The molecule has 1 N–H and O–H groups in total. The molecule has 16 heavy (non-hydrogen) atoms. The van der Waals surface area contributed by atoms with E-state index in [2.05, 4.69) is 5.32 Å². The molecule has 0 amide bonds. The third-order valence-electron chi connectivity index (χ3n) is 2.29. The zero-order chi connectivity index (χ0) is 11.8. The first-order valence-electron chi connectivity index (χ1n) is 5.29. The van der Waals surface area contributed by atoms with Gasteiger partial charge in [-0.2, -0.15) is 0 Å². The van der Waals surface area contributed by atoms with E-state index >= 15 is 0 Å². The summed E-state index contributed by atoms with van der Waals surface area (Å²) in [5.41, 5.74) is 1.09. The molecule has 0 radical (unpaired) electrons. The van der Waals surface area contributed by atoms with Crippen LogP contribution >= 0.6 is 11.6 Å². The van der Waals surface area contributed by atoms with Crippen molar-refractivity contribution in [1.29, 1.82) is 0 Å². The van der Waals surface area contributed by atoms with Crippen LogP contribution in [-0.2, 0) is 6.54 Å². The van der Waals surface area contributed by atoms with Crippen molar-refractivity contribution in [2.45, 2.75) is 13.0 Å². The molecule has 0 aliphatic carbocycles. The van der Waals surface area contributed by atoms with Crippen molar-refractivity contribution in [2.75, 3.05) is 26.6 Å². The molecule has 0 atom stereocenters. The van der Waals surface area contributed by atoms with Crippen LogP contribution in [0.1, 0.15) is 12.0 Å². The van der Waals surface area contributed by atoms with Crippen molar-refractivity contribution in [3.05, 3.63) is 23.8 Å². The molecule has 0 saturated heterocycles. The molecule has 3 nitrogen and oxygen atoms in total. The normalized spacial score (nSPS) is 10.2. The summed E-state index contributed by atoms with van der Waals surface area (Å²) in [7, 11) is 3.33. The van der Waals surface area contributed by atoms with Gasteiger partial charge < -0.3 is 14.8 Å². The van der Waals surface area contributed by atoms with E-state index in [9.17, 15) is 0 Å². The van der Waals surface area contributed by atoms with Crippen LogP contribution in [-0.4, -0.2) is 26.6 Å². The molecule has 1 aromatic carbocycles. The lowest BCUT2D eigenvalue weighted by molar-refractivity contribution is 0.397. The largest absolute Gasteiger partial charge is 0.497 e. The predicted molar refractivity (Wildman–Crippen MR) is 66.6 cm³/mol. The van der Waals surface area contributed by atoms with Crippen molar-refractivity contribution >= 4 is 11.6 Å². The molecule has 0 aliphatic heterocycles. The van der Waals surface area contributed by atoms with E-state index in [0.29, 0.717) is 5.88 Å². The average Bonchev–Trinajstić information content (AvgIpc) is 2.34. The van der Waals surface area contributed by atoms with Gasteiger partial charge in [-0.1, -0.05) is 0 Å². The maximum Gasteiger partial charge on any atom is 0.123 e. The zero-order valence-electron chi connectivity index (χ0n) is 9.75.